The first-order valence-corrected chi connectivity index (χ1v) is 6.66. The van der Waals surface area contributed by atoms with Crippen molar-refractivity contribution in [3.63, 3.8) is 0 Å². The van der Waals surface area contributed by atoms with Crippen LogP contribution in [0.15, 0.2) is 42.6 Å². The Bertz CT molecular complexity index is 515. The third-order valence-corrected chi connectivity index (χ3v) is 3.37. The summed E-state index contributed by atoms with van der Waals surface area (Å²) in [4.78, 5) is 6.54. The van der Waals surface area contributed by atoms with Gasteiger partial charge in [-0.15, -0.1) is 0 Å². The van der Waals surface area contributed by atoms with Crippen molar-refractivity contribution in [2.45, 2.75) is 26.3 Å². The average Bonchev–Trinajstić information content (AvgIpc) is 2.46. The van der Waals surface area contributed by atoms with Crippen LogP contribution >= 0.6 is 0 Å². The second kappa shape index (κ2) is 5.85. The highest BCUT2D eigenvalue weighted by Crippen LogP contribution is 2.22. The Kier molecular flexibility index (Phi) is 4.17. The fourth-order valence-corrected chi connectivity index (χ4v) is 1.95. The number of nitrogens with zero attached hydrogens (tertiary/aromatic N) is 2. The first-order valence-electron chi connectivity index (χ1n) is 6.66. The van der Waals surface area contributed by atoms with Crippen LogP contribution in [0, 0.1) is 0 Å². The van der Waals surface area contributed by atoms with Gasteiger partial charge in [-0.05, 0) is 42.7 Å². The highest BCUT2D eigenvalue weighted by molar-refractivity contribution is 5.59. The van der Waals surface area contributed by atoms with Crippen molar-refractivity contribution < 1.29 is 0 Å². The zero-order valence-corrected chi connectivity index (χ0v) is 11.8. The Morgan fingerprint density at radius 3 is 2.32 bits per heavy atom. The van der Waals surface area contributed by atoms with Gasteiger partial charge in [-0.1, -0.05) is 25.1 Å². The molecule has 0 amide bonds. The van der Waals surface area contributed by atoms with E-state index in [2.05, 4.69) is 41.1 Å². The topological polar surface area (TPSA) is 42.1 Å². The minimum atomic E-state index is 0.0238. The molecule has 2 rings (SSSR count). The molecule has 0 spiro atoms. The van der Waals surface area contributed by atoms with E-state index in [-0.39, 0.29) is 6.04 Å². The van der Waals surface area contributed by atoms with Gasteiger partial charge < -0.3 is 10.6 Å². The third kappa shape index (κ3) is 3.12. The smallest absolute Gasteiger partial charge is 0.132 e. The minimum absolute atomic E-state index is 0.0238. The van der Waals surface area contributed by atoms with Gasteiger partial charge in [0.15, 0.2) is 0 Å². The number of pyridine rings is 1. The van der Waals surface area contributed by atoms with Crippen LogP contribution < -0.4 is 10.6 Å². The van der Waals surface area contributed by atoms with Crippen LogP contribution in [-0.4, -0.2) is 12.0 Å². The number of hydrogen-bond donors (Lipinski definition) is 1. The molecule has 2 N–H and O–H groups in total. The number of benzene rings is 1. The summed E-state index contributed by atoms with van der Waals surface area (Å²) < 4.78 is 0. The Morgan fingerprint density at radius 2 is 1.84 bits per heavy atom. The van der Waals surface area contributed by atoms with Gasteiger partial charge in [0.2, 0.25) is 0 Å². The molecule has 0 aliphatic carbocycles. The van der Waals surface area contributed by atoms with E-state index in [1.54, 1.807) is 0 Å². The predicted octanol–water partition coefficient (Wildman–Crippen LogP) is 3.43. The van der Waals surface area contributed by atoms with Gasteiger partial charge in [-0.2, -0.15) is 0 Å². The molecule has 0 radical (unpaired) electrons. The van der Waals surface area contributed by atoms with Crippen molar-refractivity contribution in [3.05, 3.63) is 53.7 Å². The van der Waals surface area contributed by atoms with Gasteiger partial charge in [0.05, 0.1) is 0 Å². The molecule has 0 aliphatic rings. The molecule has 19 heavy (non-hydrogen) atoms. The lowest BCUT2D eigenvalue weighted by molar-refractivity contribution is 0.811. The van der Waals surface area contributed by atoms with Crippen LogP contribution in [0.3, 0.4) is 0 Å². The summed E-state index contributed by atoms with van der Waals surface area (Å²) in [5, 5.41) is 0. The molecule has 3 nitrogen and oxygen atoms in total. The van der Waals surface area contributed by atoms with Crippen LogP contribution in [0.5, 0.6) is 0 Å². The first-order chi connectivity index (χ1) is 9.11. The third-order valence-electron chi connectivity index (χ3n) is 3.37. The molecule has 1 aromatic carbocycles. The van der Waals surface area contributed by atoms with Gasteiger partial charge >= 0.3 is 0 Å². The van der Waals surface area contributed by atoms with Crippen LogP contribution in [0.25, 0.3) is 0 Å². The number of nitrogens with two attached hydrogens (primary N) is 1. The Morgan fingerprint density at radius 1 is 1.16 bits per heavy atom. The van der Waals surface area contributed by atoms with E-state index in [4.69, 9.17) is 5.73 Å². The number of aryl methyl sites for hydroxylation is 1. The molecule has 1 aromatic heterocycles. The number of aromatic nitrogens is 1. The standard InChI is InChI=1S/C16H21N3/c1-4-13-5-8-15(9-6-13)19(3)16-10-7-14(11-18-16)12(2)17/h5-12H,4,17H2,1-3H3/t12-/m1/s1. The Balaban J connectivity index is 2.20. The molecule has 0 saturated carbocycles. The SMILES string of the molecule is CCc1ccc(N(C)c2ccc([C@@H](C)N)cn2)cc1. The van der Waals surface area contributed by atoms with Gasteiger partial charge in [0.1, 0.15) is 5.82 Å². The summed E-state index contributed by atoms with van der Waals surface area (Å²) in [5.74, 6) is 0.925. The van der Waals surface area contributed by atoms with Crippen molar-refractivity contribution >= 4 is 11.5 Å². The normalized spacial score (nSPS) is 12.2. The average molecular weight is 255 g/mol. The summed E-state index contributed by atoms with van der Waals surface area (Å²) in [6.07, 6.45) is 2.91. The van der Waals surface area contributed by atoms with E-state index in [0.29, 0.717) is 0 Å². The van der Waals surface area contributed by atoms with E-state index in [1.165, 1.54) is 5.56 Å². The minimum Gasteiger partial charge on any atom is -0.329 e. The molecule has 1 atom stereocenters. The van der Waals surface area contributed by atoms with Crippen LogP contribution in [0.2, 0.25) is 0 Å². The molecular weight excluding hydrogens is 234 g/mol. The van der Waals surface area contributed by atoms with Crippen molar-refractivity contribution in [2.24, 2.45) is 5.73 Å². The zero-order valence-electron chi connectivity index (χ0n) is 11.8. The summed E-state index contributed by atoms with van der Waals surface area (Å²) in [6, 6.07) is 12.6. The molecule has 0 fully saturated rings. The summed E-state index contributed by atoms with van der Waals surface area (Å²) in [5.41, 5.74) is 9.37. The molecule has 1 heterocycles. The quantitative estimate of drug-likeness (QED) is 0.910. The molecule has 0 saturated heterocycles. The van der Waals surface area contributed by atoms with Crippen molar-refractivity contribution in [1.82, 2.24) is 4.98 Å². The highest BCUT2D eigenvalue weighted by atomic mass is 15.2. The lowest BCUT2D eigenvalue weighted by Crippen LogP contribution is -2.12. The summed E-state index contributed by atoms with van der Waals surface area (Å²) in [7, 11) is 2.02. The predicted molar refractivity (Wildman–Crippen MR) is 80.7 cm³/mol. The molecule has 2 aromatic rings. The Hall–Kier alpha value is -1.87. The fraction of sp³-hybridized carbons (Fsp3) is 0.312. The fourth-order valence-electron chi connectivity index (χ4n) is 1.95. The molecule has 3 heteroatoms. The van der Waals surface area contributed by atoms with Gasteiger partial charge in [0, 0.05) is 25.0 Å². The maximum absolute atomic E-state index is 5.83. The maximum Gasteiger partial charge on any atom is 0.132 e. The zero-order chi connectivity index (χ0) is 13.8. The summed E-state index contributed by atoms with van der Waals surface area (Å²) >= 11 is 0. The second-order valence-corrected chi connectivity index (χ2v) is 4.82. The molecule has 0 unspecified atom stereocenters. The molecule has 0 aliphatic heterocycles. The van der Waals surface area contributed by atoms with E-state index >= 15 is 0 Å². The summed E-state index contributed by atoms with van der Waals surface area (Å²) in [6.45, 7) is 4.12. The van der Waals surface area contributed by atoms with Crippen molar-refractivity contribution in [3.8, 4) is 0 Å². The van der Waals surface area contributed by atoms with Crippen LogP contribution in [0.1, 0.15) is 31.0 Å². The van der Waals surface area contributed by atoms with Gasteiger partial charge in [0.25, 0.3) is 0 Å². The first kappa shape index (κ1) is 13.6. The van der Waals surface area contributed by atoms with E-state index in [9.17, 15) is 0 Å². The Labute approximate surface area is 115 Å². The van der Waals surface area contributed by atoms with Crippen molar-refractivity contribution in [2.75, 3.05) is 11.9 Å². The monoisotopic (exact) mass is 255 g/mol. The maximum atomic E-state index is 5.83. The highest BCUT2D eigenvalue weighted by Gasteiger charge is 2.06. The van der Waals surface area contributed by atoms with E-state index < -0.39 is 0 Å². The van der Waals surface area contributed by atoms with E-state index in [1.807, 2.05) is 32.3 Å². The van der Waals surface area contributed by atoms with Crippen LogP contribution in [0.4, 0.5) is 11.5 Å². The molecule has 100 valence electrons. The largest absolute Gasteiger partial charge is 0.329 e. The lowest BCUT2D eigenvalue weighted by Gasteiger charge is -2.19. The number of hydrogen-bond acceptors (Lipinski definition) is 3. The number of anilines is 2. The lowest BCUT2D eigenvalue weighted by atomic mass is 10.1. The van der Waals surface area contributed by atoms with E-state index in [0.717, 1.165) is 23.5 Å². The second-order valence-electron chi connectivity index (χ2n) is 4.82. The molecule has 0 bridgehead atoms. The van der Waals surface area contributed by atoms with Gasteiger partial charge in [-0.25, -0.2) is 4.98 Å². The number of rotatable bonds is 4. The van der Waals surface area contributed by atoms with Crippen LogP contribution in [-0.2, 0) is 6.42 Å². The molecular formula is C16H21N3. The van der Waals surface area contributed by atoms with Gasteiger partial charge in [-0.3, -0.25) is 0 Å². The van der Waals surface area contributed by atoms with Crippen molar-refractivity contribution in [1.29, 1.82) is 0 Å².